The van der Waals surface area contributed by atoms with Gasteiger partial charge in [-0.3, -0.25) is 10.1 Å². The Morgan fingerprint density at radius 3 is 2.70 bits per heavy atom. The molecule has 0 radical (unpaired) electrons. The van der Waals surface area contributed by atoms with E-state index in [2.05, 4.69) is 9.97 Å². The molecule has 0 saturated carbocycles. The summed E-state index contributed by atoms with van der Waals surface area (Å²) in [7, 11) is 0. The SMILES string of the molecule is O=C(O)c1nccnc1Oc1cc([N+](=O)[O-])ccc1Cl. The first-order valence-corrected chi connectivity index (χ1v) is 5.53. The normalized spacial score (nSPS) is 10.1. The highest BCUT2D eigenvalue weighted by Crippen LogP contribution is 2.32. The Kier molecular flexibility index (Phi) is 3.76. The van der Waals surface area contributed by atoms with Gasteiger partial charge in [0.05, 0.1) is 16.0 Å². The van der Waals surface area contributed by atoms with Crippen molar-refractivity contribution in [2.24, 2.45) is 0 Å². The zero-order valence-corrected chi connectivity index (χ0v) is 10.4. The lowest BCUT2D eigenvalue weighted by Crippen LogP contribution is -2.04. The second-order valence-corrected chi connectivity index (χ2v) is 3.90. The van der Waals surface area contributed by atoms with Crippen molar-refractivity contribution in [3.8, 4) is 11.6 Å². The quantitative estimate of drug-likeness (QED) is 0.680. The van der Waals surface area contributed by atoms with Crippen LogP contribution in [0.5, 0.6) is 11.6 Å². The van der Waals surface area contributed by atoms with Crippen LogP contribution in [-0.4, -0.2) is 26.0 Å². The van der Waals surface area contributed by atoms with Gasteiger partial charge in [0, 0.05) is 18.5 Å². The predicted molar refractivity (Wildman–Crippen MR) is 67.2 cm³/mol. The molecule has 0 unspecified atom stereocenters. The van der Waals surface area contributed by atoms with Crippen molar-refractivity contribution >= 4 is 23.3 Å². The van der Waals surface area contributed by atoms with E-state index >= 15 is 0 Å². The molecular formula is C11H6ClN3O5. The van der Waals surface area contributed by atoms with E-state index in [0.29, 0.717) is 0 Å². The summed E-state index contributed by atoms with van der Waals surface area (Å²) >= 11 is 5.84. The summed E-state index contributed by atoms with van der Waals surface area (Å²) in [6.45, 7) is 0. The number of aromatic carboxylic acids is 1. The van der Waals surface area contributed by atoms with Crippen LogP contribution in [0.4, 0.5) is 5.69 Å². The van der Waals surface area contributed by atoms with Crippen molar-refractivity contribution < 1.29 is 19.6 Å². The molecule has 8 nitrogen and oxygen atoms in total. The van der Waals surface area contributed by atoms with E-state index in [4.69, 9.17) is 21.4 Å². The Hall–Kier alpha value is -2.74. The van der Waals surface area contributed by atoms with Gasteiger partial charge in [-0.2, -0.15) is 0 Å². The van der Waals surface area contributed by atoms with Gasteiger partial charge in [-0.1, -0.05) is 11.6 Å². The number of carbonyl (C=O) groups is 1. The molecule has 1 aromatic carbocycles. The van der Waals surface area contributed by atoms with Gasteiger partial charge in [0.25, 0.3) is 11.6 Å². The Labute approximate surface area is 116 Å². The first-order valence-electron chi connectivity index (χ1n) is 5.15. The van der Waals surface area contributed by atoms with Gasteiger partial charge in [0.2, 0.25) is 5.69 Å². The highest BCUT2D eigenvalue weighted by molar-refractivity contribution is 6.32. The molecular weight excluding hydrogens is 290 g/mol. The van der Waals surface area contributed by atoms with E-state index in [1.54, 1.807) is 0 Å². The number of hydrogen-bond donors (Lipinski definition) is 1. The van der Waals surface area contributed by atoms with Gasteiger partial charge in [0.1, 0.15) is 0 Å². The summed E-state index contributed by atoms with van der Waals surface area (Å²) in [4.78, 5) is 28.3. The number of ether oxygens (including phenoxy) is 1. The van der Waals surface area contributed by atoms with E-state index in [1.165, 1.54) is 24.5 Å². The minimum absolute atomic E-state index is 0.0798. The molecule has 1 heterocycles. The smallest absolute Gasteiger partial charge is 0.360 e. The van der Waals surface area contributed by atoms with Crippen molar-refractivity contribution in [2.75, 3.05) is 0 Å². The molecule has 9 heteroatoms. The van der Waals surface area contributed by atoms with Crippen LogP contribution in [0.1, 0.15) is 10.5 Å². The van der Waals surface area contributed by atoms with Crippen LogP contribution in [0, 0.1) is 10.1 Å². The van der Waals surface area contributed by atoms with E-state index < -0.39 is 16.6 Å². The Bertz CT molecular complexity index is 692. The number of carboxylic acids is 1. The number of hydrogen-bond acceptors (Lipinski definition) is 6. The van der Waals surface area contributed by atoms with Crippen LogP contribution >= 0.6 is 11.6 Å². The average Bonchev–Trinajstić information content (AvgIpc) is 2.41. The van der Waals surface area contributed by atoms with Gasteiger partial charge in [0.15, 0.2) is 5.75 Å². The summed E-state index contributed by atoms with van der Waals surface area (Å²) in [6.07, 6.45) is 2.42. The van der Waals surface area contributed by atoms with Crippen LogP contribution in [0.15, 0.2) is 30.6 Å². The summed E-state index contributed by atoms with van der Waals surface area (Å²) in [5.74, 6) is -1.72. The van der Waals surface area contributed by atoms with Crippen LogP contribution in [-0.2, 0) is 0 Å². The first kappa shape index (κ1) is 13.7. The third-order valence-corrected chi connectivity index (χ3v) is 2.51. The monoisotopic (exact) mass is 295 g/mol. The fraction of sp³-hybridized carbons (Fsp3) is 0. The maximum Gasteiger partial charge on any atom is 0.360 e. The van der Waals surface area contributed by atoms with E-state index in [1.807, 2.05) is 0 Å². The maximum absolute atomic E-state index is 10.9. The fourth-order valence-electron chi connectivity index (χ4n) is 1.33. The van der Waals surface area contributed by atoms with Gasteiger partial charge in [-0.05, 0) is 6.07 Å². The predicted octanol–water partition coefficient (Wildman–Crippen LogP) is 2.53. The second-order valence-electron chi connectivity index (χ2n) is 3.49. The molecule has 0 aliphatic heterocycles. The van der Waals surface area contributed by atoms with Crippen molar-refractivity contribution in [1.29, 1.82) is 0 Å². The highest BCUT2D eigenvalue weighted by atomic mass is 35.5. The van der Waals surface area contributed by atoms with Crippen molar-refractivity contribution in [3.63, 3.8) is 0 Å². The molecule has 0 aliphatic carbocycles. The molecule has 102 valence electrons. The second kappa shape index (κ2) is 5.49. The first-order chi connectivity index (χ1) is 9.49. The summed E-state index contributed by atoms with van der Waals surface area (Å²) in [5, 5.41) is 19.7. The lowest BCUT2D eigenvalue weighted by atomic mass is 10.3. The van der Waals surface area contributed by atoms with Crippen molar-refractivity contribution in [3.05, 3.63) is 51.4 Å². The lowest BCUT2D eigenvalue weighted by molar-refractivity contribution is -0.384. The van der Waals surface area contributed by atoms with Gasteiger partial charge < -0.3 is 9.84 Å². The number of halogens is 1. The fourth-order valence-corrected chi connectivity index (χ4v) is 1.49. The Balaban J connectivity index is 2.42. The molecule has 1 N–H and O–H groups in total. The standard InChI is InChI=1S/C11H6ClN3O5/c12-7-2-1-6(15(18)19)5-8(7)20-10-9(11(16)17)13-3-4-14-10/h1-5H,(H,16,17). The summed E-state index contributed by atoms with van der Waals surface area (Å²) in [5.41, 5.74) is -0.666. The average molecular weight is 296 g/mol. The number of nitrogens with zero attached hydrogens (tertiary/aromatic N) is 3. The molecule has 0 aliphatic rings. The minimum atomic E-state index is -1.34. The van der Waals surface area contributed by atoms with E-state index in [0.717, 1.165) is 6.07 Å². The van der Waals surface area contributed by atoms with Gasteiger partial charge >= 0.3 is 5.97 Å². The molecule has 0 bridgehead atoms. The summed E-state index contributed by atoms with van der Waals surface area (Å²) < 4.78 is 5.20. The molecule has 0 amide bonds. The number of carboxylic acid groups (broad SMARTS) is 1. The number of benzene rings is 1. The minimum Gasteiger partial charge on any atom is -0.476 e. The number of rotatable bonds is 4. The maximum atomic E-state index is 10.9. The van der Waals surface area contributed by atoms with Crippen LogP contribution in [0.3, 0.4) is 0 Å². The van der Waals surface area contributed by atoms with Crippen LogP contribution in [0.25, 0.3) is 0 Å². The third-order valence-electron chi connectivity index (χ3n) is 2.20. The molecule has 1 aromatic heterocycles. The number of non-ortho nitro benzene ring substituents is 1. The van der Waals surface area contributed by atoms with Crippen LogP contribution in [0.2, 0.25) is 5.02 Å². The zero-order valence-electron chi connectivity index (χ0n) is 9.69. The Morgan fingerprint density at radius 2 is 2.05 bits per heavy atom. The molecule has 2 rings (SSSR count). The Morgan fingerprint density at radius 1 is 1.35 bits per heavy atom. The largest absolute Gasteiger partial charge is 0.476 e. The van der Waals surface area contributed by atoms with Gasteiger partial charge in [-0.25, -0.2) is 14.8 Å². The molecule has 0 atom stereocenters. The third kappa shape index (κ3) is 2.81. The molecule has 2 aromatic rings. The number of aromatic nitrogens is 2. The molecule has 0 spiro atoms. The number of nitro benzene ring substituents is 1. The lowest BCUT2D eigenvalue weighted by Gasteiger charge is -2.07. The van der Waals surface area contributed by atoms with Crippen molar-refractivity contribution in [2.45, 2.75) is 0 Å². The molecule has 0 fully saturated rings. The van der Waals surface area contributed by atoms with Crippen molar-refractivity contribution in [1.82, 2.24) is 9.97 Å². The highest BCUT2D eigenvalue weighted by Gasteiger charge is 2.18. The summed E-state index contributed by atoms with van der Waals surface area (Å²) in [6, 6.07) is 3.54. The van der Waals surface area contributed by atoms with E-state index in [9.17, 15) is 14.9 Å². The molecule has 0 saturated heterocycles. The zero-order chi connectivity index (χ0) is 14.7. The number of nitro groups is 1. The van der Waals surface area contributed by atoms with E-state index in [-0.39, 0.29) is 22.3 Å². The molecule has 20 heavy (non-hydrogen) atoms. The van der Waals surface area contributed by atoms with Crippen LogP contribution < -0.4 is 4.74 Å². The van der Waals surface area contributed by atoms with Gasteiger partial charge in [-0.15, -0.1) is 0 Å². The topological polar surface area (TPSA) is 115 Å².